The van der Waals surface area contributed by atoms with Gasteiger partial charge in [0.1, 0.15) is 11.3 Å². The number of anilines is 1. The van der Waals surface area contributed by atoms with E-state index in [0.29, 0.717) is 16.6 Å². The van der Waals surface area contributed by atoms with Crippen molar-refractivity contribution < 1.29 is 12.8 Å². The van der Waals surface area contributed by atoms with Crippen LogP contribution < -0.4 is 4.72 Å². The Labute approximate surface area is 174 Å². The molecule has 3 aromatic carbocycles. The van der Waals surface area contributed by atoms with Crippen molar-refractivity contribution in [1.82, 2.24) is 0 Å². The molecule has 0 saturated carbocycles. The fourth-order valence-corrected chi connectivity index (χ4v) is 5.37. The Balaban J connectivity index is 1.70. The second-order valence-electron chi connectivity index (χ2n) is 7.76. The van der Waals surface area contributed by atoms with Crippen LogP contribution >= 0.6 is 11.6 Å². The summed E-state index contributed by atoms with van der Waals surface area (Å²) in [4.78, 5) is 0.175. The number of rotatable bonds is 3. The molecule has 1 atom stereocenters. The standard InChI is InChI=1S/C23H20ClNO3S/c1-14-6-11-22-19(12-14)20-13-21(17-4-2-3-5-18(17)23(20)28-22)25-29(26,27)16-9-7-15(24)8-10-16/h2-5,7-10,13-14,25H,6,11-12H2,1H3. The molecule has 6 heteroatoms. The van der Waals surface area contributed by atoms with Crippen LogP contribution in [-0.2, 0) is 22.9 Å². The lowest BCUT2D eigenvalue weighted by Gasteiger charge is -2.17. The molecule has 1 unspecified atom stereocenters. The lowest BCUT2D eigenvalue weighted by molar-refractivity contribution is 0.439. The number of nitrogens with one attached hydrogen (secondary N) is 1. The fraction of sp³-hybridized carbons (Fsp3) is 0.217. The molecule has 0 bridgehead atoms. The van der Waals surface area contributed by atoms with Crippen molar-refractivity contribution in [3.8, 4) is 0 Å². The lowest BCUT2D eigenvalue weighted by Crippen LogP contribution is -2.13. The first-order valence-corrected chi connectivity index (χ1v) is 11.5. The molecule has 148 valence electrons. The first kappa shape index (κ1) is 18.5. The highest BCUT2D eigenvalue weighted by Gasteiger charge is 2.25. The highest BCUT2D eigenvalue weighted by Crippen LogP contribution is 2.40. The van der Waals surface area contributed by atoms with Gasteiger partial charge >= 0.3 is 0 Å². The molecular weight excluding hydrogens is 406 g/mol. The Kier molecular flexibility index (Phi) is 4.33. The predicted octanol–water partition coefficient (Wildman–Crippen LogP) is 6.17. The third-order valence-corrected chi connectivity index (χ3v) is 7.30. The van der Waals surface area contributed by atoms with Crippen molar-refractivity contribution in [3.63, 3.8) is 0 Å². The molecule has 1 aliphatic rings. The molecule has 1 heterocycles. The van der Waals surface area contributed by atoms with Crippen molar-refractivity contribution in [2.24, 2.45) is 5.92 Å². The summed E-state index contributed by atoms with van der Waals surface area (Å²) in [5.41, 5.74) is 2.61. The summed E-state index contributed by atoms with van der Waals surface area (Å²) in [5, 5.41) is 3.23. The number of fused-ring (bicyclic) bond motifs is 5. The van der Waals surface area contributed by atoms with E-state index in [1.165, 1.54) is 17.7 Å². The van der Waals surface area contributed by atoms with Crippen LogP contribution in [0, 0.1) is 5.92 Å². The molecule has 0 saturated heterocycles. The SMILES string of the molecule is CC1CCc2oc3c(cc(NS(=O)(=O)c4ccc(Cl)cc4)c4ccccc43)c2C1. The molecule has 0 radical (unpaired) electrons. The van der Waals surface area contributed by atoms with Crippen molar-refractivity contribution in [2.75, 3.05) is 4.72 Å². The highest BCUT2D eigenvalue weighted by atomic mass is 35.5. The van der Waals surface area contributed by atoms with Gasteiger partial charge in [0.25, 0.3) is 10.0 Å². The molecular formula is C23H20ClNO3S. The summed E-state index contributed by atoms with van der Waals surface area (Å²) < 4.78 is 35.0. The fourth-order valence-electron chi connectivity index (χ4n) is 4.17. The molecule has 1 N–H and O–H groups in total. The molecule has 4 nitrogen and oxygen atoms in total. The number of hydrogen-bond acceptors (Lipinski definition) is 3. The van der Waals surface area contributed by atoms with E-state index >= 15 is 0 Å². The number of benzene rings is 3. The summed E-state index contributed by atoms with van der Waals surface area (Å²) >= 11 is 5.91. The number of halogens is 1. The van der Waals surface area contributed by atoms with Gasteiger partial charge in [0.15, 0.2) is 0 Å². The van der Waals surface area contributed by atoms with Gasteiger partial charge in [0.05, 0.1) is 10.6 Å². The van der Waals surface area contributed by atoms with E-state index in [9.17, 15) is 8.42 Å². The summed E-state index contributed by atoms with van der Waals surface area (Å²) in [7, 11) is -3.74. The Bertz CT molecular complexity index is 1340. The van der Waals surface area contributed by atoms with Crippen molar-refractivity contribution in [3.05, 3.63) is 70.9 Å². The van der Waals surface area contributed by atoms with Crippen molar-refractivity contribution >= 4 is 49.1 Å². The maximum atomic E-state index is 13.0. The summed E-state index contributed by atoms with van der Waals surface area (Å²) in [5.74, 6) is 1.62. The van der Waals surface area contributed by atoms with Gasteiger partial charge < -0.3 is 4.42 Å². The molecule has 0 fully saturated rings. The number of hydrogen-bond donors (Lipinski definition) is 1. The van der Waals surface area contributed by atoms with Crippen LogP contribution in [0.1, 0.15) is 24.7 Å². The Morgan fingerprint density at radius 2 is 1.76 bits per heavy atom. The second-order valence-corrected chi connectivity index (χ2v) is 9.88. The minimum atomic E-state index is -3.74. The highest BCUT2D eigenvalue weighted by molar-refractivity contribution is 7.92. The topological polar surface area (TPSA) is 59.3 Å². The molecule has 4 aromatic rings. The molecule has 0 aliphatic heterocycles. The average molecular weight is 426 g/mol. The van der Waals surface area contributed by atoms with Crippen LogP contribution in [0.15, 0.2) is 63.9 Å². The van der Waals surface area contributed by atoms with E-state index in [2.05, 4.69) is 11.6 Å². The molecule has 1 aliphatic carbocycles. The number of furan rings is 1. The predicted molar refractivity (Wildman–Crippen MR) is 117 cm³/mol. The van der Waals surface area contributed by atoms with Crippen LogP contribution in [0.3, 0.4) is 0 Å². The Morgan fingerprint density at radius 3 is 2.52 bits per heavy atom. The van der Waals surface area contributed by atoms with Crippen LogP contribution in [0.5, 0.6) is 0 Å². The van der Waals surface area contributed by atoms with Crippen LogP contribution in [0.4, 0.5) is 5.69 Å². The molecule has 1 aromatic heterocycles. The third kappa shape index (κ3) is 3.18. The van der Waals surface area contributed by atoms with Crippen LogP contribution in [-0.4, -0.2) is 8.42 Å². The van der Waals surface area contributed by atoms with Crippen molar-refractivity contribution in [1.29, 1.82) is 0 Å². The van der Waals surface area contributed by atoms with Crippen LogP contribution in [0.2, 0.25) is 5.02 Å². The molecule has 5 rings (SSSR count). The van der Waals surface area contributed by atoms with Gasteiger partial charge in [-0.25, -0.2) is 8.42 Å². The van der Waals surface area contributed by atoms with E-state index < -0.39 is 10.0 Å². The lowest BCUT2D eigenvalue weighted by atomic mass is 9.87. The molecule has 0 spiro atoms. The molecule has 29 heavy (non-hydrogen) atoms. The zero-order valence-corrected chi connectivity index (χ0v) is 17.5. The van der Waals surface area contributed by atoms with E-state index in [0.717, 1.165) is 46.8 Å². The van der Waals surface area contributed by atoms with Crippen molar-refractivity contribution in [2.45, 2.75) is 31.1 Å². The van der Waals surface area contributed by atoms with E-state index in [4.69, 9.17) is 16.0 Å². The third-order valence-electron chi connectivity index (χ3n) is 5.67. The van der Waals surface area contributed by atoms with Gasteiger partial charge in [-0.1, -0.05) is 42.8 Å². The smallest absolute Gasteiger partial charge is 0.261 e. The second kappa shape index (κ2) is 6.78. The van der Waals surface area contributed by atoms with E-state index in [1.807, 2.05) is 30.3 Å². The largest absolute Gasteiger partial charge is 0.460 e. The zero-order valence-electron chi connectivity index (χ0n) is 15.9. The van der Waals surface area contributed by atoms with Gasteiger partial charge in [-0.05, 0) is 49.1 Å². The van der Waals surface area contributed by atoms with Gasteiger partial charge in [0, 0.05) is 33.2 Å². The van der Waals surface area contributed by atoms with E-state index in [1.54, 1.807) is 12.1 Å². The monoisotopic (exact) mass is 425 g/mol. The summed E-state index contributed by atoms with van der Waals surface area (Å²) in [6.07, 6.45) is 2.98. The summed E-state index contributed by atoms with van der Waals surface area (Å²) in [6.45, 7) is 2.24. The summed E-state index contributed by atoms with van der Waals surface area (Å²) in [6, 6.07) is 15.8. The Hall–Kier alpha value is -2.50. The van der Waals surface area contributed by atoms with Gasteiger partial charge in [-0.2, -0.15) is 0 Å². The Morgan fingerprint density at radius 1 is 1.03 bits per heavy atom. The number of aryl methyl sites for hydroxylation is 1. The quantitative estimate of drug-likeness (QED) is 0.427. The first-order valence-electron chi connectivity index (χ1n) is 9.67. The maximum Gasteiger partial charge on any atom is 0.261 e. The molecule has 0 amide bonds. The zero-order chi connectivity index (χ0) is 20.2. The van der Waals surface area contributed by atoms with Gasteiger partial charge in [0.2, 0.25) is 0 Å². The normalized spacial score (nSPS) is 16.8. The maximum absolute atomic E-state index is 13.0. The van der Waals surface area contributed by atoms with Gasteiger partial charge in [-0.3, -0.25) is 4.72 Å². The first-order chi connectivity index (χ1) is 13.9. The van der Waals surface area contributed by atoms with Crippen LogP contribution in [0.25, 0.3) is 21.7 Å². The number of sulfonamides is 1. The van der Waals surface area contributed by atoms with E-state index in [-0.39, 0.29) is 4.90 Å². The minimum Gasteiger partial charge on any atom is -0.460 e. The minimum absolute atomic E-state index is 0.175. The average Bonchev–Trinajstić information content (AvgIpc) is 3.06. The van der Waals surface area contributed by atoms with Gasteiger partial charge in [-0.15, -0.1) is 0 Å².